The first-order chi connectivity index (χ1) is 8.16. The molecule has 5 nitrogen and oxygen atoms in total. The second-order valence-electron chi connectivity index (χ2n) is 4.39. The van der Waals surface area contributed by atoms with Crippen molar-refractivity contribution in [1.29, 1.82) is 0 Å². The molecule has 1 aliphatic carbocycles. The zero-order valence-corrected chi connectivity index (χ0v) is 10.1. The molecule has 0 aromatic carbocycles. The number of allylic oxidation sites excluding steroid dienone is 2. The quantitative estimate of drug-likeness (QED) is 0.812. The number of aryl methyl sites for hydroxylation is 1. The number of nitrogens with one attached hydrogen (secondary N) is 1. The molecule has 0 saturated heterocycles. The average molecular weight is 235 g/mol. The molecule has 0 spiro atoms. The fraction of sp³-hybridized carbons (Fsp3) is 0.583. The maximum absolute atomic E-state index is 12.0. The molecule has 5 heteroatoms. The van der Waals surface area contributed by atoms with Crippen LogP contribution >= 0.6 is 0 Å². The highest BCUT2D eigenvalue weighted by atomic mass is 16.5. The van der Waals surface area contributed by atoms with Gasteiger partial charge < -0.3 is 9.84 Å². The molecule has 0 fully saturated rings. The highest BCUT2D eigenvalue weighted by Crippen LogP contribution is 2.19. The van der Waals surface area contributed by atoms with Gasteiger partial charge in [0.2, 0.25) is 11.8 Å². The standard InChI is InChI=1S/C12H17N3O2/c1-8(12-14-9(2)15-17-12)13-11(16)10-6-4-3-5-7-10/h3-4,8,10H,5-7H2,1-2H3,(H,13,16)/t8-,10-/m1/s1. The molecule has 0 radical (unpaired) electrons. The van der Waals surface area contributed by atoms with E-state index < -0.39 is 0 Å². The number of amides is 1. The van der Waals surface area contributed by atoms with Crippen LogP contribution in [0.25, 0.3) is 0 Å². The molecule has 0 saturated carbocycles. The first-order valence-corrected chi connectivity index (χ1v) is 5.92. The number of rotatable bonds is 3. The highest BCUT2D eigenvalue weighted by Gasteiger charge is 2.22. The van der Waals surface area contributed by atoms with E-state index in [-0.39, 0.29) is 17.9 Å². The zero-order valence-electron chi connectivity index (χ0n) is 10.1. The maximum atomic E-state index is 12.0. The van der Waals surface area contributed by atoms with Crippen molar-refractivity contribution < 1.29 is 9.32 Å². The molecule has 0 bridgehead atoms. The third-order valence-electron chi connectivity index (χ3n) is 2.91. The van der Waals surface area contributed by atoms with Crippen LogP contribution in [0.15, 0.2) is 16.7 Å². The normalized spacial score (nSPS) is 21.2. The molecule has 1 aliphatic rings. The highest BCUT2D eigenvalue weighted by molar-refractivity contribution is 5.79. The van der Waals surface area contributed by atoms with Crippen molar-refractivity contribution in [2.75, 3.05) is 0 Å². The third kappa shape index (κ3) is 2.93. The Kier molecular flexibility index (Phi) is 3.56. The predicted octanol–water partition coefficient (Wildman–Crippen LogP) is 1.91. The fourth-order valence-corrected chi connectivity index (χ4v) is 1.91. The Morgan fingerprint density at radius 2 is 2.41 bits per heavy atom. The Morgan fingerprint density at radius 3 is 3.00 bits per heavy atom. The monoisotopic (exact) mass is 235 g/mol. The minimum atomic E-state index is -0.227. The van der Waals surface area contributed by atoms with E-state index in [0.29, 0.717) is 11.7 Å². The van der Waals surface area contributed by atoms with E-state index in [1.54, 1.807) is 6.92 Å². The SMILES string of the molecule is Cc1noc([C@@H](C)NC(=O)[C@@H]2CC=CCC2)n1. The lowest BCUT2D eigenvalue weighted by Crippen LogP contribution is -2.33. The van der Waals surface area contributed by atoms with Gasteiger partial charge in [-0.2, -0.15) is 4.98 Å². The van der Waals surface area contributed by atoms with Crippen molar-refractivity contribution in [3.63, 3.8) is 0 Å². The summed E-state index contributed by atoms with van der Waals surface area (Å²) in [5, 5.41) is 6.62. The molecular weight excluding hydrogens is 218 g/mol. The smallest absolute Gasteiger partial charge is 0.248 e. The lowest BCUT2D eigenvalue weighted by Gasteiger charge is -2.19. The number of carbonyl (C=O) groups excluding carboxylic acids is 1. The summed E-state index contributed by atoms with van der Waals surface area (Å²) in [4.78, 5) is 16.1. The summed E-state index contributed by atoms with van der Waals surface area (Å²) < 4.78 is 5.02. The van der Waals surface area contributed by atoms with Crippen molar-refractivity contribution in [2.45, 2.75) is 39.2 Å². The van der Waals surface area contributed by atoms with Gasteiger partial charge >= 0.3 is 0 Å². The van der Waals surface area contributed by atoms with Gasteiger partial charge in [-0.05, 0) is 33.1 Å². The van der Waals surface area contributed by atoms with Crippen LogP contribution in [0, 0.1) is 12.8 Å². The number of nitrogens with zero attached hydrogens (tertiary/aromatic N) is 2. The van der Waals surface area contributed by atoms with Gasteiger partial charge in [0.25, 0.3) is 0 Å². The molecule has 1 heterocycles. The number of aromatic nitrogens is 2. The second-order valence-corrected chi connectivity index (χ2v) is 4.39. The van der Waals surface area contributed by atoms with Crippen LogP contribution in [-0.4, -0.2) is 16.0 Å². The van der Waals surface area contributed by atoms with Gasteiger partial charge in [0.05, 0.1) is 0 Å². The number of hydrogen-bond donors (Lipinski definition) is 1. The minimum absolute atomic E-state index is 0.0673. The number of carbonyl (C=O) groups is 1. The molecule has 1 aromatic rings. The third-order valence-corrected chi connectivity index (χ3v) is 2.91. The molecule has 2 rings (SSSR count). The zero-order chi connectivity index (χ0) is 12.3. The van der Waals surface area contributed by atoms with Crippen molar-refractivity contribution in [2.24, 2.45) is 5.92 Å². The van der Waals surface area contributed by atoms with Gasteiger partial charge in [0.15, 0.2) is 5.82 Å². The van der Waals surface area contributed by atoms with E-state index in [1.165, 1.54) is 0 Å². The van der Waals surface area contributed by atoms with Gasteiger partial charge in [0, 0.05) is 5.92 Å². The van der Waals surface area contributed by atoms with E-state index in [1.807, 2.05) is 6.92 Å². The molecular formula is C12H17N3O2. The Morgan fingerprint density at radius 1 is 1.59 bits per heavy atom. The van der Waals surface area contributed by atoms with E-state index in [4.69, 9.17) is 4.52 Å². The van der Waals surface area contributed by atoms with E-state index in [0.717, 1.165) is 19.3 Å². The summed E-state index contributed by atoms with van der Waals surface area (Å²) in [5.41, 5.74) is 0. The maximum Gasteiger partial charge on any atom is 0.248 e. The molecule has 0 unspecified atom stereocenters. The van der Waals surface area contributed by atoms with Crippen LogP contribution < -0.4 is 5.32 Å². The average Bonchev–Trinajstić information content (AvgIpc) is 2.77. The van der Waals surface area contributed by atoms with E-state index >= 15 is 0 Å². The van der Waals surface area contributed by atoms with Crippen LogP contribution in [0.3, 0.4) is 0 Å². The second kappa shape index (κ2) is 5.12. The van der Waals surface area contributed by atoms with Crippen LogP contribution in [0.2, 0.25) is 0 Å². The summed E-state index contributed by atoms with van der Waals surface area (Å²) in [6.45, 7) is 3.61. The topological polar surface area (TPSA) is 68.0 Å². The Bertz CT molecular complexity index is 425. The van der Waals surface area contributed by atoms with Gasteiger partial charge in [-0.3, -0.25) is 4.79 Å². The summed E-state index contributed by atoms with van der Waals surface area (Å²) in [7, 11) is 0. The molecule has 1 N–H and O–H groups in total. The molecule has 2 atom stereocenters. The van der Waals surface area contributed by atoms with Gasteiger partial charge in [-0.1, -0.05) is 17.3 Å². The Labute approximate surface area is 100 Å². The molecule has 1 aromatic heterocycles. The van der Waals surface area contributed by atoms with Crippen molar-refractivity contribution >= 4 is 5.91 Å². The van der Waals surface area contributed by atoms with Crippen LogP contribution in [-0.2, 0) is 4.79 Å². The summed E-state index contributed by atoms with van der Waals surface area (Å²) >= 11 is 0. The van der Waals surface area contributed by atoms with E-state index in [9.17, 15) is 4.79 Å². The first-order valence-electron chi connectivity index (χ1n) is 5.92. The van der Waals surface area contributed by atoms with Gasteiger partial charge in [-0.25, -0.2) is 0 Å². The van der Waals surface area contributed by atoms with E-state index in [2.05, 4.69) is 27.6 Å². The summed E-state index contributed by atoms with van der Waals surface area (Å²) in [6, 6.07) is -0.227. The van der Waals surface area contributed by atoms with Crippen molar-refractivity contribution in [1.82, 2.24) is 15.5 Å². The molecule has 0 aliphatic heterocycles. The van der Waals surface area contributed by atoms with Gasteiger partial charge in [-0.15, -0.1) is 0 Å². The lowest BCUT2D eigenvalue weighted by atomic mass is 9.93. The molecule has 92 valence electrons. The minimum Gasteiger partial charge on any atom is -0.344 e. The first kappa shape index (κ1) is 11.8. The molecule has 1 amide bonds. The number of hydrogen-bond acceptors (Lipinski definition) is 4. The van der Waals surface area contributed by atoms with Crippen molar-refractivity contribution in [3.8, 4) is 0 Å². The lowest BCUT2D eigenvalue weighted by molar-refractivity contribution is -0.126. The Balaban J connectivity index is 1.92. The summed E-state index contributed by atoms with van der Waals surface area (Å²) in [6.07, 6.45) is 6.90. The fourth-order valence-electron chi connectivity index (χ4n) is 1.91. The van der Waals surface area contributed by atoms with Crippen LogP contribution in [0.1, 0.15) is 43.9 Å². The van der Waals surface area contributed by atoms with Gasteiger partial charge in [0.1, 0.15) is 6.04 Å². The Hall–Kier alpha value is -1.65. The summed E-state index contributed by atoms with van der Waals surface area (Å²) in [5.74, 6) is 1.19. The van der Waals surface area contributed by atoms with Crippen LogP contribution in [0.4, 0.5) is 0 Å². The largest absolute Gasteiger partial charge is 0.344 e. The van der Waals surface area contributed by atoms with Crippen LogP contribution in [0.5, 0.6) is 0 Å². The predicted molar refractivity (Wildman–Crippen MR) is 62.1 cm³/mol. The van der Waals surface area contributed by atoms with Crippen molar-refractivity contribution in [3.05, 3.63) is 23.9 Å². The molecule has 17 heavy (non-hydrogen) atoms.